The first-order valence-electron chi connectivity index (χ1n) is 9.14. The average Bonchev–Trinajstić information content (AvgIpc) is 3.29. The van der Waals surface area contributed by atoms with Crippen LogP contribution >= 0.6 is 11.3 Å². The minimum absolute atomic E-state index is 0.111. The zero-order valence-electron chi connectivity index (χ0n) is 16.0. The van der Waals surface area contributed by atoms with Gasteiger partial charge < -0.3 is 15.6 Å². The van der Waals surface area contributed by atoms with Crippen LogP contribution in [0.25, 0.3) is 11.4 Å². The first-order chi connectivity index (χ1) is 14.4. The second-order valence-electron chi connectivity index (χ2n) is 6.74. The molecule has 0 radical (unpaired) electrons. The summed E-state index contributed by atoms with van der Waals surface area (Å²) in [6, 6.07) is 14.7. The number of benzene rings is 2. The van der Waals surface area contributed by atoms with Crippen molar-refractivity contribution in [3.05, 3.63) is 88.4 Å². The molecule has 0 bridgehead atoms. The maximum atomic E-state index is 14.2. The van der Waals surface area contributed by atoms with E-state index < -0.39 is 17.5 Å². The van der Waals surface area contributed by atoms with Crippen molar-refractivity contribution in [3.8, 4) is 11.4 Å². The first-order valence-corrected chi connectivity index (χ1v) is 10.0. The Hall–Kier alpha value is -3.52. The highest BCUT2D eigenvalue weighted by Crippen LogP contribution is 2.31. The topological polar surface area (TPSA) is 72.9 Å². The third kappa shape index (κ3) is 3.95. The van der Waals surface area contributed by atoms with Crippen LogP contribution in [-0.4, -0.2) is 15.5 Å². The molecule has 0 aliphatic rings. The zero-order valence-corrected chi connectivity index (χ0v) is 16.8. The lowest BCUT2D eigenvalue weighted by Crippen LogP contribution is -2.13. The number of rotatable bonds is 6. The van der Waals surface area contributed by atoms with E-state index in [9.17, 15) is 13.6 Å². The second kappa shape index (κ2) is 8.08. The van der Waals surface area contributed by atoms with Crippen LogP contribution in [0.3, 0.4) is 0 Å². The van der Waals surface area contributed by atoms with Gasteiger partial charge in [0.05, 0.1) is 23.5 Å². The van der Waals surface area contributed by atoms with Crippen molar-refractivity contribution in [2.45, 2.75) is 13.5 Å². The molecule has 0 aliphatic carbocycles. The number of para-hydroxylation sites is 1. The summed E-state index contributed by atoms with van der Waals surface area (Å²) < 4.78 is 29.3. The van der Waals surface area contributed by atoms with E-state index in [0.717, 1.165) is 11.8 Å². The molecule has 1 amide bonds. The minimum Gasteiger partial charge on any atom is -0.366 e. The number of nitrogens with zero attached hydrogens (tertiary/aromatic N) is 2. The van der Waals surface area contributed by atoms with Gasteiger partial charge in [0.1, 0.15) is 11.6 Å². The molecule has 152 valence electrons. The molecule has 2 aromatic carbocycles. The van der Waals surface area contributed by atoms with Gasteiger partial charge in [-0.15, -0.1) is 11.3 Å². The normalized spacial score (nSPS) is 10.9. The lowest BCUT2D eigenvalue weighted by Gasteiger charge is -2.12. The quantitative estimate of drug-likeness (QED) is 0.453. The van der Waals surface area contributed by atoms with Crippen LogP contribution in [-0.2, 0) is 6.54 Å². The van der Waals surface area contributed by atoms with E-state index in [1.807, 2.05) is 35.7 Å². The van der Waals surface area contributed by atoms with Gasteiger partial charge >= 0.3 is 0 Å². The minimum atomic E-state index is -0.653. The van der Waals surface area contributed by atoms with Gasteiger partial charge in [-0.3, -0.25) is 4.79 Å². The molecular formula is C22H18F2N4OS. The Morgan fingerprint density at radius 2 is 1.93 bits per heavy atom. The third-order valence-corrected chi connectivity index (χ3v) is 5.52. The molecule has 4 rings (SSSR count). The van der Waals surface area contributed by atoms with Gasteiger partial charge in [0.15, 0.2) is 5.13 Å². The molecule has 2 aromatic heterocycles. The number of carbonyl (C=O) groups excluding carboxylic acids is 1. The Morgan fingerprint density at radius 3 is 2.63 bits per heavy atom. The molecule has 0 atom stereocenters. The fourth-order valence-electron chi connectivity index (χ4n) is 3.22. The van der Waals surface area contributed by atoms with Crippen LogP contribution in [0.1, 0.15) is 21.6 Å². The molecule has 0 unspecified atom stereocenters. The van der Waals surface area contributed by atoms with E-state index in [1.165, 1.54) is 23.5 Å². The third-order valence-electron chi connectivity index (χ3n) is 4.77. The van der Waals surface area contributed by atoms with Gasteiger partial charge in [0, 0.05) is 28.4 Å². The Kier molecular flexibility index (Phi) is 5.33. The van der Waals surface area contributed by atoms with Crippen molar-refractivity contribution in [1.82, 2.24) is 9.55 Å². The summed E-state index contributed by atoms with van der Waals surface area (Å²) in [6.07, 6.45) is 0. The summed E-state index contributed by atoms with van der Waals surface area (Å²) in [4.78, 5) is 16.5. The number of primary amides is 1. The molecule has 3 N–H and O–H groups in total. The number of aromatic nitrogens is 2. The van der Waals surface area contributed by atoms with E-state index in [0.29, 0.717) is 33.3 Å². The van der Waals surface area contributed by atoms with Gasteiger partial charge in [-0.2, -0.15) is 0 Å². The number of nitrogens with one attached hydrogen (secondary N) is 1. The van der Waals surface area contributed by atoms with E-state index >= 15 is 0 Å². The molecule has 0 aliphatic heterocycles. The van der Waals surface area contributed by atoms with Crippen LogP contribution in [0.2, 0.25) is 0 Å². The SMILES string of the molecule is Cc1c(C(N)=O)cc(-c2csc(Nc3ccccc3)n2)n1Cc1ccc(F)cc1F. The zero-order chi connectivity index (χ0) is 21.3. The molecule has 2 heterocycles. The van der Waals surface area contributed by atoms with Gasteiger partial charge in [0.25, 0.3) is 5.91 Å². The highest BCUT2D eigenvalue weighted by Gasteiger charge is 2.20. The van der Waals surface area contributed by atoms with Crippen molar-refractivity contribution < 1.29 is 13.6 Å². The highest BCUT2D eigenvalue weighted by molar-refractivity contribution is 7.14. The fourth-order valence-corrected chi connectivity index (χ4v) is 3.95. The summed E-state index contributed by atoms with van der Waals surface area (Å²) >= 11 is 1.41. The number of nitrogens with two attached hydrogens (primary N) is 1. The maximum Gasteiger partial charge on any atom is 0.250 e. The van der Waals surface area contributed by atoms with Crippen molar-refractivity contribution in [1.29, 1.82) is 0 Å². The maximum absolute atomic E-state index is 14.2. The summed E-state index contributed by atoms with van der Waals surface area (Å²) in [5.74, 6) is -1.88. The van der Waals surface area contributed by atoms with E-state index in [2.05, 4.69) is 10.3 Å². The van der Waals surface area contributed by atoms with Crippen LogP contribution in [0.15, 0.2) is 60.0 Å². The molecule has 5 nitrogen and oxygen atoms in total. The van der Waals surface area contributed by atoms with E-state index in [1.54, 1.807) is 17.6 Å². The average molecular weight is 424 g/mol. The predicted molar refractivity (Wildman–Crippen MR) is 114 cm³/mol. The molecule has 0 saturated carbocycles. The summed E-state index contributed by atoms with van der Waals surface area (Å²) in [7, 11) is 0. The number of carbonyl (C=O) groups is 1. The van der Waals surface area contributed by atoms with Crippen LogP contribution < -0.4 is 11.1 Å². The lowest BCUT2D eigenvalue weighted by atomic mass is 10.2. The number of halogens is 2. The molecular weight excluding hydrogens is 406 g/mol. The summed E-state index contributed by atoms with van der Waals surface area (Å²) in [5, 5.41) is 5.75. The molecule has 0 spiro atoms. The Morgan fingerprint density at radius 1 is 1.17 bits per heavy atom. The predicted octanol–water partition coefficient (Wildman–Crippen LogP) is 5.09. The molecule has 0 fully saturated rings. The van der Waals surface area contributed by atoms with Crippen LogP contribution in [0.5, 0.6) is 0 Å². The molecule has 4 aromatic rings. The largest absolute Gasteiger partial charge is 0.366 e. The van der Waals surface area contributed by atoms with E-state index in [-0.39, 0.29) is 6.54 Å². The summed E-state index contributed by atoms with van der Waals surface area (Å²) in [6.45, 7) is 1.85. The first kappa shape index (κ1) is 19.8. The lowest BCUT2D eigenvalue weighted by molar-refractivity contribution is 0.0999. The summed E-state index contributed by atoms with van der Waals surface area (Å²) in [5.41, 5.74) is 8.89. The van der Waals surface area contributed by atoms with Crippen molar-refractivity contribution in [2.24, 2.45) is 5.73 Å². The van der Waals surface area contributed by atoms with Crippen molar-refractivity contribution in [2.75, 3.05) is 5.32 Å². The second-order valence-corrected chi connectivity index (χ2v) is 7.60. The number of thiazole rings is 1. The van der Waals surface area contributed by atoms with E-state index in [4.69, 9.17) is 5.73 Å². The van der Waals surface area contributed by atoms with Gasteiger partial charge in [-0.25, -0.2) is 13.8 Å². The number of hydrogen-bond donors (Lipinski definition) is 2. The molecule has 8 heteroatoms. The number of hydrogen-bond acceptors (Lipinski definition) is 4. The van der Waals surface area contributed by atoms with Gasteiger partial charge in [-0.05, 0) is 31.2 Å². The number of amides is 1. The van der Waals surface area contributed by atoms with Gasteiger partial charge in [0.2, 0.25) is 0 Å². The highest BCUT2D eigenvalue weighted by atomic mass is 32.1. The van der Waals surface area contributed by atoms with Crippen molar-refractivity contribution >= 4 is 28.1 Å². The Bertz CT molecular complexity index is 1220. The fraction of sp³-hybridized carbons (Fsp3) is 0.0909. The Labute approximate surface area is 175 Å². The van der Waals surface area contributed by atoms with Crippen LogP contribution in [0.4, 0.5) is 19.6 Å². The standard InChI is InChI=1S/C22H18F2N4OS/c1-13-17(21(25)29)10-20(28(13)11-14-7-8-15(23)9-18(14)24)19-12-30-22(27-19)26-16-5-3-2-4-6-16/h2-10,12H,11H2,1H3,(H2,25,29)(H,26,27). The van der Waals surface area contributed by atoms with Crippen LogP contribution in [0, 0.1) is 18.6 Å². The monoisotopic (exact) mass is 424 g/mol. The van der Waals surface area contributed by atoms with Gasteiger partial charge in [-0.1, -0.05) is 24.3 Å². The molecule has 30 heavy (non-hydrogen) atoms. The number of anilines is 2. The van der Waals surface area contributed by atoms with Crippen molar-refractivity contribution in [3.63, 3.8) is 0 Å². The molecule has 0 saturated heterocycles. The Balaban J connectivity index is 1.72. The smallest absolute Gasteiger partial charge is 0.250 e.